The van der Waals surface area contributed by atoms with Crippen molar-refractivity contribution in [2.75, 3.05) is 13.1 Å². The van der Waals surface area contributed by atoms with Crippen LogP contribution in [-0.2, 0) is 11.3 Å². The van der Waals surface area contributed by atoms with Gasteiger partial charge in [-0.15, -0.1) is 0 Å². The molecule has 0 saturated heterocycles. The highest BCUT2D eigenvalue weighted by Crippen LogP contribution is 2.30. The molecule has 0 atom stereocenters. The Morgan fingerprint density at radius 2 is 2.19 bits per heavy atom. The van der Waals surface area contributed by atoms with Crippen molar-refractivity contribution < 1.29 is 9.90 Å². The van der Waals surface area contributed by atoms with Crippen LogP contribution in [0.2, 0.25) is 0 Å². The predicted molar refractivity (Wildman–Crippen MR) is 78.1 cm³/mol. The van der Waals surface area contributed by atoms with Gasteiger partial charge in [-0.25, -0.2) is 9.97 Å². The lowest BCUT2D eigenvalue weighted by Crippen LogP contribution is -2.31. The van der Waals surface area contributed by atoms with Gasteiger partial charge in [-0.1, -0.05) is 0 Å². The van der Waals surface area contributed by atoms with E-state index in [2.05, 4.69) is 9.97 Å². The third-order valence-corrected chi connectivity index (χ3v) is 3.77. The highest BCUT2D eigenvalue weighted by molar-refractivity contribution is 5.69. The maximum atomic E-state index is 11.0. The number of aliphatic carboxylic acids is 1. The molecule has 0 aromatic carbocycles. The van der Waals surface area contributed by atoms with E-state index in [1.807, 2.05) is 35.4 Å². The van der Waals surface area contributed by atoms with Crippen LogP contribution in [0, 0.1) is 19.8 Å². The molecule has 0 aliphatic heterocycles. The van der Waals surface area contributed by atoms with Crippen molar-refractivity contribution in [1.82, 2.24) is 19.3 Å². The molecule has 0 amide bonds. The molecule has 0 spiro atoms. The highest BCUT2D eigenvalue weighted by atomic mass is 16.4. The number of imidazole rings is 1. The molecule has 1 fully saturated rings. The molecule has 3 rings (SSSR count). The van der Waals surface area contributed by atoms with Gasteiger partial charge in [-0.3, -0.25) is 14.1 Å². The summed E-state index contributed by atoms with van der Waals surface area (Å²) in [6.45, 7) is 5.43. The van der Waals surface area contributed by atoms with Crippen molar-refractivity contribution in [3.8, 4) is 0 Å². The van der Waals surface area contributed by atoms with E-state index in [0.717, 1.165) is 23.6 Å². The molecule has 0 bridgehead atoms. The molecule has 1 saturated carbocycles. The molecule has 2 aromatic rings. The van der Waals surface area contributed by atoms with Crippen LogP contribution < -0.4 is 0 Å². The molecule has 0 radical (unpaired) electrons. The smallest absolute Gasteiger partial charge is 0.317 e. The molecule has 0 unspecified atom stereocenters. The fourth-order valence-corrected chi connectivity index (χ4v) is 2.67. The minimum atomic E-state index is -0.787. The summed E-state index contributed by atoms with van der Waals surface area (Å²) in [6, 6.07) is 2.01. The Bertz CT molecular complexity index is 676. The number of hydrogen-bond donors (Lipinski definition) is 1. The van der Waals surface area contributed by atoms with Gasteiger partial charge in [0.25, 0.3) is 0 Å². The molecule has 21 heavy (non-hydrogen) atoms. The van der Waals surface area contributed by atoms with Crippen LogP contribution in [0.15, 0.2) is 12.3 Å². The zero-order chi connectivity index (χ0) is 15.0. The number of nitrogens with zero attached hydrogens (tertiary/aromatic N) is 4. The van der Waals surface area contributed by atoms with Gasteiger partial charge in [-0.2, -0.15) is 0 Å². The number of carboxylic acid groups (broad SMARTS) is 1. The Balaban J connectivity index is 1.81. The second-order valence-corrected chi connectivity index (χ2v) is 5.95. The third kappa shape index (κ3) is 3.39. The molecule has 6 nitrogen and oxygen atoms in total. The Hall–Kier alpha value is -1.95. The van der Waals surface area contributed by atoms with Gasteiger partial charge in [0.2, 0.25) is 5.78 Å². The van der Waals surface area contributed by atoms with Crippen LogP contribution in [0.5, 0.6) is 0 Å². The van der Waals surface area contributed by atoms with E-state index in [1.165, 1.54) is 12.8 Å². The number of carboxylic acids is 1. The first kappa shape index (κ1) is 14.0. The summed E-state index contributed by atoms with van der Waals surface area (Å²) in [5, 5.41) is 9.04. The second-order valence-electron chi connectivity index (χ2n) is 5.95. The number of aromatic nitrogens is 3. The van der Waals surface area contributed by atoms with Crippen molar-refractivity contribution in [1.29, 1.82) is 0 Å². The zero-order valence-corrected chi connectivity index (χ0v) is 12.4. The van der Waals surface area contributed by atoms with Crippen molar-refractivity contribution in [2.24, 2.45) is 5.92 Å². The lowest BCUT2D eigenvalue weighted by atomic mass is 10.3. The third-order valence-electron chi connectivity index (χ3n) is 3.77. The number of carbonyl (C=O) groups is 1. The topological polar surface area (TPSA) is 70.7 Å². The van der Waals surface area contributed by atoms with Gasteiger partial charge < -0.3 is 5.11 Å². The number of fused-ring (bicyclic) bond motifs is 1. The van der Waals surface area contributed by atoms with Crippen molar-refractivity contribution in [3.05, 3.63) is 29.3 Å². The summed E-state index contributed by atoms with van der Waals surface area (Å²) in [6.07, 6.45) is 4.38. The van der Waals surface area contributed by atoms with Crippen LogP contribution in [0.25, 0.3) is 5.78 Å². The fourth-order valence-electron chi connectivity index (χ4n) is 2.67. The number of hydrogen-bond acceptors (Lipinski definition) is 4. The number of rotatable bonds is 6. The lowest BCUT2D eigenvalue weighted by Gasteiger charge is -2.18. The van der Waals surface area contributed by atoms with Crippen LogP contribution in [0.1, 0.15) is 29.9 Å². The Kier molecular flexibility index (Phi) is 3.63. The van der Waals surface area contributed by atoms with Gasteiger partial charge in [0.15, 0.2) is 0 Å². The molecule has 6 heteroatoms. The Labute approximate surface area is 123 Å². The summed E-state index contributed by atoms with van der Waals surface area (Å²) >= 11 is 0. The fraction of sp³-hybridized carbons (Fsp3) is 0.533. The molecule has 2 aromatic heterocycles. The normalized spacial score (nSPS) is 15.0. The number of aryl methyl sites for hydroxylation is 2. The first-order chi connectivity index (χ1) is 10.0. The Morgan fingerprint density at radius 3 is 2.86 bits per heavy atom. The van der Waals surface area contributed by atoms with Crippen molar-refractivity contribution in [3.63, 3.8) is 0 Å². The van der Waals surface area contributed by atoms with Crippen LogP contribution >= 0.6 is 0 Å². The SMILES string of the molecule is Cc1cc(C)n2cc(CN(CC(=O)O)CC3CC3)nc2n1. The average Bonchev–Trinajstić information content (AvgIpc) is 3.07. The van der Waals surface area contributed by atoms with Crippen LogP contribution in [-0.4, -0.2) is 43.4 Å². The van der Waals surface area contributed by atoms with Gasteiger partial charge in [0, 0.05) is 30.7 Å². The lowest BCUT2D eigenvalue weighted by molar-refractivity contribution is -0.138. The summed E-state index contributed by atoms with van der Waals surface area (Å²) in [4.78, 5) is 21.9. The van der Waals surface area contributed by atoms with Gasteiger partial charge in [-0.05, 0) is 38.7 Å². The average molecular weight is 288 g/mol. The monoisotopic (exact) mass is 288 g/mol. The summed E-state index contributed by atoms with van der Waals surface area (Å²) in [5.74, 6) is 0.553. The summed E-state index contributed by atoms with van der Waals surface area (Å²) in [7, 11) is 0. The van der Waals surface area contributed by atoms with Gasteiger partial charge >= 0.3 is 5.97 Å². The minimum Gasteiger partial charge on any atom is -0.480 e. The van der Waals surface area contributed by atoms with E-state index in [1.54, 1.807) is 0 Å². The van der Waals surface area contributed by atoms with Crippen molar-refractivity contribution in [2.45, 2.75) is 33.2 Å². The van der Waals surface area contributed by atoms with E-state index in [4.69, 9.17) is 5.11 Å². The maximum Gasteiger partial charge on any atom is 0.317 e. The maximum absolute atomic E-state index is 11.0. The van der Waals surface area contributed by atoms with E-state index in [9.17, 15) is 4.79 Å². The summed E-state index contributed by atoms with van der Waals surface area (Å²) in [5.41, 5.74) is 2.90. The van der Waals surface area contributed by atoms with E-state index in [-0.39, 0.29) is 6.54 Å². The van der Waals surface area contributed by atoms with E-state index < -0.39 is 5.97 Å². The molecular formula is C15H20N4O2. The second kappa shape index (κ2) is 5.44. The highest BCUT2D eigenvalue weighted by Gasteiger charge is 2.25. The zero-order valence-electron chi connectivity index (χ0n) is 12.4. The van der Waals surface area contributed by atoms with Crippen LogP contribution in [0.3, 0.4) is 0 Å². The quantitative estimate of drug-likeness (QED) is 0.875. The van der Waals surface area contributed by atoms with Gasteiger partial charge in [0.05, 0.1) is 12.2 Å². The summed E-state index contributed by atoms with van der Waals surface area (Å²) < 4.78 is 1.96. The molecular weight excluding hydrogens is 268 g/mol. The van der Waals surface area contributed by atoms with E-state index in [0.29, 0.717) is 18.2 Å². The first-order valence-corrected chi connectivity index (χ1v) is 7.27. The standard InChI is InChI=1S/C15H20N4O2/c1-10-5-11(2)19-8-13(17-15(19)16-10)7-18(9-14(20)21)6-12-3-4-12/h5,8,12H,3-4,6-7,9H2,1-2H3,(H,20,21). The van der Waals surface area contributed by atoms with Gasteiger partial charge in [0.1, 0.15) is 0 Å². The Morgan fingerprint density at radius 1 is 1.43 bits per heavy atom. The van der Waals surface area contributed by atoms with Crippen LogP contribution in [0.4, 0.5) is 0 Å². The molecule has 1 N–H and O–H groups in total. The largest absolute Gasteiger partial charge is 0.480 e. The predicted octanol–water partition coefficient (Wildman–Crippen LogP) is 1.64. The van der Waals surface area contributed by atoms with E-state index >= 15 is 0 Å². The molecule has 1 aliphatic rings. The first-order valence-electron chi connectivity index (χ1n) is 7.27. The molecule has 1 aliphatic carbocycles. The molecule has 2 heterocycles. The van der Waals surface area contributed by atoms with Crippen molar-refractivity contribution >= 4 is 11.7 Å². The molecule has 112 valence electrons. The minimum absolute atomic E-state index is 0.0653.